The molecule has 2 aliphatic rings. The maximum Gasteiger partial charge on any atom is 2.00 e. The molecule has 10 radical (unpaired) electrons. The molecule has 2 rings (SSSR count). The van der Waals surface area contributed by atoms with Gasteiger partial charge in [0, 0.05) is 0 Å². The predicted molar refractivity (Wildman–Crippen MR) is 97.6 cm³/mol. The molecule has 0 heterocycles. The molecule has 122 valence electrons. The third kappa shape index (κ3) is 20.3. The van der Waals surface area contributed by atoms with Crippen molar-refractivity contribution >= 4 is 0 Å². The Morgan fingerprint density at radius 1 is 0.783 bits per heavy atom. The molecule has 23 heavy (non-hydrogen) atoms. The summed E-state index contributed by atoms with van der Waals surface area (Å²) in [4.78, 5) is 0. The van der Waals surface area contributed by atoms with Crippen LogP contribution < -0.4 is 0 Å². The van der Waals surface area contributed by atoms with Crippen LogP contribution >= 0.6 is 0 Å². The summed E-state index contributed by atoms with van der Waals surface area (Å²) < 4.78 is 0. The minimum absolute atomic E-state index is 0. The summed E-state index contributed by atoms with van der Waals surface area (Å²) in [7, 11) is 0. The minimum Gasteiger partial charge on any atom is -0.387 e. The Bertz CT molecular complexity index is 260. The Hall–Kier alpha value is 0.363. The normalized spacial score (nSPS) is 17.9. The molecular formula is C22H30Zr. The van der Waals surface area contributed by atoms with Crippen LogP contribution in [0.2, 0.25) is 0 Å². The monoisotopic (exact) mass is 384 g/mol. The van der Waals surface area contributed by atoms with Gasteiger partial charge in [0.25, 0.3) is 0 Å². The van der Waals surface area contributed by atoms with Gasteiger partial charge in [-0.3, -0.25) is 0 Å². The van der Waals surface area contributed by atoms with Crippen LogP contribution in [0.3, 0.4) is 0 Å². The van der Waals surface area contributed by atoms with E-state index in [-0.39, 0.29) is 31.6 Å². The molecule has 0 spiro atoms. The van der Waals surface area contributed by atoms with Crippen molar-refractivity contribution < 1.29 is 26.2 Å². The molecule has 0 aromatic carbocycles. The number of rotatable bonds is 3. The van der Waals surface area contributed by atoms with Gasteiger partial charge < -0.3 is 23.8 Å². The summed E-state index contributed by atoms with van der Waals surface area (Å²) >= 11 is 0. The van der Waals surface area contributed by atoms with Crippen molar-refractivity contribution in [1.29, 1.82) is 0 Å². The average molecular weight is 386 g/mol. The summed E-state index contributed by atoms with van der Waals surface area (Å²) in [6.45, 7) is 10.7. The van der Waals surface area contributed by atoms with Gasteiger partial charge in [0.05, 0.1) is 0 Å². The van der Waals surface area contributed by atoms with Crippen LogP contribution in [-0.4, -0.2) is 0 Å². The topological polar surface area (TPSA) is 0 Å². The molecule has 0 unspecified atom stereocenters. The third-order valence-corrected chi connectivity index (χ3v) is 2.58. The molecule has 0 nitrogen and oxygen atoms in total. The van der Waals surface area contributed by atoms with Crippen molar-refractivity contribution in [1.82, 2.24) is 0 Å². The van der Waals surface area contributed by atoms with Gasteiger partial charge in [-0.15, -0.1) is 18.3 Å². The Balaban J connectivity index is 0. The van der Waals surface area contributed by atoms with Gasteiger partial charge in [-0.1, -0.05) is 34.6 Å². The summed E-state index contributed by atoms with van der Waals surface area (Å²) in [5.41, 5.74) is 1.43. The van der Waals surface area contributed by atoms with Crippen molar-refractivity contribution in [3.63, 3.8) is 0 Å². The summed E-state index contributed by atoms with van der Waals surface area (Å²) in [5, 5.41) is 0. The quantitative estimate of drug-likeness (QED) is 0.414. The van der Waals surface area contributed by atoms with Crippen LogP contribution in [0.25, 0.3) is 0 Å². The van der Waals surface area contributed by atoms with Crippen molar-refractivity contribution in [3.05, 3.63) is 88.0 Å². The molecule has 0 bridgehead atoms. The third-order valence-electron chi connectivity index (χ3n) is 2.58. The van der Waals surface area contributed by atoms with Crippen molar-refractivity contribution in [3.8, 4) is 0 Å². The summed E-state index contributed by atoms with van der Waals surface area (Å²) in [6.07, 6.45) is 30.8. The molecule has 2 saturated carbocycles. The van der Waals surface area contributed by atoms with Crippen molar-refractivity contribution in [2.75, 3.05) is 0 Å². The van der Waals surface area contributed by atoms with E-state index < -0.39 is 0 Å². The standard InChI is InChI=1S/C12H20.2C5H5.Zr/c1-6-8-11(7-2)9-10-12(3,4)5;2*1-2-4-5-3-1;/h9H,6-7H2,1-5H3;2*1-5H;/q-2;;;+2. The van der Waals surface area contributed by atoms with Crippen LogP contribution in [0.1, 0.15) is 47.5 Å². The summed E-state index contributed by atoms with van der Waals surface area (Å²) in [6, 6.07) is 0. The van der Waals surface area contributed by atoms with Crippen molar-refractivity contribution in [2.24, 2.45) is 5.41 Å². The molecule has 0 amide bonds. The van der Waals surface area contributed by atoms with E-state index in [0.717, 1.165) is 12.8 Å². The zero-order valence-electron chi connectivity index (χ0n) is 15.3. The number of hydrogen-bond donors (Lipinski definition) is 0. The Morgan fingerprint density at radius 3 is 1.35 bits per heavy atom. The van der Waals surface area contributed by atoms with Gasteiger partial charge >= 0.3 is 26.2 Å². The van der Waals surface area contributed by atoms with Crippen LogP contribution in [0.5, 0.6) is 0 Å². The average Bonchev–Trinajstić information content (AvgIpc) is 3.20. The van der Waals surface area contributed by atoms with Gasteiger partial charge in [0.15, 0.2) is 0 Å². The van der Waals surface area contributed by atoms with Gasteiger partial charge in [0.1, 0.15) is 0 Å². The van der Waals surface area contributed by atoms with Crippen LogP contribution in [0.4, 0.5) is 0 Å². The van der Waals surface area contributed by atoms with E-state index in [1.165, 1.54) is 5.57 Å². The fraction of sp³-hybridized carbons (Fsp3) is 0.364. The number of hydrogen-bond acceptors (Lipinski definition) is 0. The molecule has 0 aromatic heterocycles. The first kappa shape index (κ1) is 25.6. The van der Waals surface area contributed by atoms with Crippen molar-refractivity contribution in [2.45, 2.75) is 47.5 Å². The Labute approximate surface area is 166 Å². The second-order valence-corrected chi connectivity index (χ2v) is 5.87. The van der Waals surface area contributed by atoms with Gasteiger partial charge in [-0.05, 0) is 64.2 Å². The summed E-state index contributed by atoms with van der Waals surface area (Å²) in [5.74, 6) is 0. The van der Waals surface area contributed by atoms with E-state index in [9.17, 15) is 0 Å². The minimum atomic E-state index is 0. The van der Waals surface area contributed by atoms with E-state index in [0.29, 0.717) is 0 Å². The van der Waals surface area contributed by atoms with E-state index in [2.05, 4.69) is 52.8 Å². The molecule has 2 aliphatic carbocycles. The van der Waals surface area contributed by atoms with Crippen LogP contribution in [0.15, 0.2) is 11.6 Å². The van der Waals surface area contributed by atoms with E-state index in [1.807, 2.05) is 64.2 Å². The first-order valence-electron chi connectivity index (χ1n) is 8.03. The van der Waals surface area contributed by atoms with Crippen LogP contribution in [0, 0.1) is 81.8 Å². The van der Waals surface area contributed by atoms with Gasteiger partial charge in [0.2, 0.25) is 0 Å². The largest absolute Gasteiger partial charge is 2.00 e. The van der Waals surface area contributed by atoms with Crippen LogP contribution in [-0.2, 0) is 26.2 Å². The molecule has 0 atom stereocenters. The van der Waals surface area contributed by atoms with E-state index in [4.69, 9.17) is 0 Å². The molecule has 0 aromatic rings. The van der Waals surface area contributed by atoms with E-state index >= 15 is 0 Å². The van der Waals surface area contributed by atoms with Gasteiger partial charge in [-0.2, -0.15) is 0 Å². The Morgan fingerprint density at radius 2 is 1.13 bits per heavy atom. The molecule has 0 aliphatic heterocycles. The fourth-order valence-electron chi connectivity index (χ4n) is 1.45. The molecular weight excluding hydrogens is 355 g/mol. The maximum atomic E-state index is 3.33. The number of allylic oxidation sites excluding steroid dienone is 4. The van der Waals surface area contributed by atoms with E-state index in [1.54, 1.807) is 0 Å². The Kier molecular flexibility index (Phi) is 19.1. The first-order chi connectivity index (χ1) is 10.5. The zero-order chi connectivity index (χ0) is 16.7. The fourth-order valence-corrected chi connectivity index (χ4v) is 1.45. The predicted octanol–water partition coefficient (Wildman–Crippen LogP) is 5.98. The van der Waals surface area contributed by atoms with Gasteiger partial charge in [-0.25, -0.2) is 0 Å². The zero-order valence-corrected chi connectivity index (χ0v) is 17.7. The second kappa shape index (κ2) is 17.2. The molecule has 0 N–H and O–H groups in total. The molecule has 2 fully saturated rings. The maximum absolute atomic E-state index is 3.33. The SMILES string of the molecule is CC[C-]=C(C=[C-]C(C)(C)C)CC.[CH]1[CH][CH][CH][CH]1.[CH]1[CH][CH][CH][CH]1.[Zr+2]. The first-order valence-corrected chi connectivity index (χ1v) is 8.03. The molecule has 1 heteroatoms. The second-order valence-electron chi connectivity index (χ2n) is 5.87. The smallest absolute Gasteiger partial charge is 0.387 e. The molecule has 0 saturated heterocycles.